The van der Waals surface area contributed by atoms with Crippen LogP contribution in [0.1, 0.15) is 52.9 Å². The number of hydrogen-bond acceptors (Lipinski definition) is 6. The molecule has 0 aromatic heterocycles. The largest absolute Gasteiger partial charge is 0.489 e. The van der Waals surface area contributed by atoms with Gasteiger partial charge in [0.05, 0.1) is 11.6 Å². The van der Waals surface area contributed by atoms with Crippen LogP contribution in [0, 0.1) is 0 Å². The highest BCUT2D eigenvalue weighted by Gasteiger charge is 2.25. The zero-order valence-corrected chi connectivity index (χ0v) is 28.2. The average molecular weight is 658 g/mol. The van der Waals surface area contributed by atoms with Gasteiger partial charge in [-0.1, -0.05) is 66.8 Å². The number of carbonyl (C=O) groups excluding carboxylic acids is 2. The number of hydrogen-bond donors (Lipinski definition) is 3. The van der Waals surface area contributed by atoms with Crippen LogP contribution < -0.4 is 20.5 Å². The minimum Gasteiger partial charge on any atom is -0.489 e. The van der Waals surface area contributed by atoms with E-state index in [4.69, 9.17) is 15.2 Å². The molecule has 3 N–H and O–H groups in total. The number of carbonyl (C=O) groups is 2. The van der Waals surface area contributed by atoms with Crippen molar-refractivity contribution in [2.45, 2.75) is 43.9 Å². The third kappa shape index (κ3) is 7.19. The number of benzene rings is 4. The van der Waals surface area contributed by atoms with Gasteiger partial charge in [0, 0.05) is 36.2 Å². The summed E-state index contributed by atoms with van der Waals surface area (Å²) < 4.78 is 12.4. The van der Waals surface area contributed by atoms with Crippen LogP contribution in [0.4, 0.5) is 0 Å². The number of primary amides is 1. The van der Waals surface area contributed by atoms with Crippen LogP contribution in [0.3, 0.4) is 0 Å². The van der Waals surface area contributed by atoms with E-state index >= 15 is 0 Å². The molecule has 0 fully saturated rings. The number of nitrogens with two attached hydrogens (primary N) is 1. The molecule has 48 heavy (non-hydrogen) atoms. The van der Waals surface area contributed by atoms with E-state index in [9.17, 15) is 9.59 Å². The lowest BCUT2D eigenvalue weighted by atomic mass is 9.86. The molecule has 2 amide bonds. The first-order chi connectivity index (χ1) is 23.2. The molecule has 0 saturated heterocycles. The molecule has 1 aliphatic heterocycles. The fourth-order valence-electron chi connectivity index (χ4n) is 6.09. The van der Waals surface area contributed by atoms with Gasteiger partial charge < -0.3 is 25.4 Å². The summed E-state index contributed by atoms with van der Waals surface area (Å²) in [6.45, 7) is 2.76. The third-order valence-corrected chi connectivity index (χ3v) is 9.01. The van der Waals surface area contributed by atoms with Crippen molar-refractivity contribution in [3.05, 3.63) is 148 Å². The SMILES string of the molecule is CC1=C(C2=CNC(c3cc(C(=O)N(C)C)c(OCc4ccc(OCc5ccc(S)cc5)cc4)c4ccccc34)C=C2)CCC(C(N)=O)=C1. The van der Waals surface area contributed by atoms with Crippen LogP contribution in [0.5, 0.6) is 11.5 Å². The molecule has 6 rings (SSSR count). The lowest BCUT2D eigenvalue weighted by Gasteiger charge is -2.26. The van der Waals surface area contributed by atoms with Crippen LogP contribution >= 0.6 is 12.6 Å². The smallest absolute Gasteiger partial charge is 0.257 e. The van der Waals surface area contributed by atoms with E-state index in [0.717, 1.165) is 55.7 Å². The number of nitrogens with zero attached hydrogens (tertiary/aromatic N) is 1. The number of dihydropyridines is 1. The number of thiol groups is 1. The molecule has 8 heteroatoms. The maximum absolute atomic E-state index is 13.6. The Morgan fingerprint density at radius 3 is 2.21 bits per heavy atom. The van der Waals surface area contributed by atoms with E-state index < -0.39 is 0 Å². The minimum absolute atomic E-state index is 0.136. The molecular weight excluding hydrogens is 619 g/mol. The topological polar surface area (TPSA) is 93.9 Å². The standard InChI is InChI=1S/C40H39N3O4S/c1-25-20-28(39(41)44)12-18-32(25)29-13-19-37(42-22-29)35-21-36(40(45)43(2)3)38(34-7-5-4-6-33(34)35)47-24-26-8-14-30(15-9-26)46-23-27-10-16-31(48)17-11-27/h4-11,13-17,19-22,37,42,48H,12,18,23-24H2,1-3H3,(H2,41,44). The van der Waals surface area contributed by atoms with Gasteiger partial charge in [-0.3, -0.25) is 9.59 Å². The van der Waals surface area contributed by atoms with Gasteiger partial charge in [-0.2, -0.15) is 0 Å². The quantitative estimate of drug-likeness (QED) is 0.153. The van der Waals surface area contributed by atoms with Crippen molar-refractivity contribution in [3.63, 3.8) is 0 Å². The lowest BCUT2D eigenvalue weighted by molar-refractivity contribution is -0.114. The van der Waals surface area contributed by atoms with Crippen LogP contribution in [0.15, 0.2) is 130 Å². The first-order valence-corrected chi connectivity index (χ1v) is 16.4. The van der Waals surface area contributed by atoms with Crippen LogP contribution in [-0.2, 0) is 18.0 Å². The second kappa shape index (κ2) is 14.3. The molecule has 1 heterocycles. The second-order valence-corrected chi connectivity index (χ2v) is 12.8. The first kappa shape index (κ1) is 32.7. The highest BCUT2D eigenvalue weighted by molar-refractivity contribution is 7.80. The minimum atomic E-state index is -0.364. The molecule has 0 bridgehead atoms. The van der Waals surface area contributed by atoms with Crippen molar-refractivity contribution < 1.29 is 19.1 Å². The summed E-state index contributed by atoms with van der Waals surface area (Å²) in [5, 5.41) is 5.42. The fourth-order valence-corrected chi connectivity index (χ4v) is 6.24. The molecule has 1 unspecified atom stereocenters. The van der Waals surface area contributed by atoms with Gasteiger partial charge in [0.25, 0.3) is 5.91 Å². The zero-order chi connectivity index (χ0) is 33.8. The Morgan fingerprint density at radius 2 is 1.58 bits per heavy atom. The Labute approximate surface area is 286 Å². The molecule has 1 aliphatic carbocycles. The van der Waals surface area contributed by atoms with E-state index in [1.165, 1.54) is 5.57 Å². The van der Waals surface area contributed by atoms with Crippen molar-refractivity contribution in [2.75, 3.05) is 14.1 Å². The molecular formula is C40H39N3O4S. The van der Waals surface area contributed by atoms with Crippen molar-refractivity contribution in [1.82, 2.24) is 10.2 Å². The van der Waals surface area contributed by atoms with E-state index in [1.807, 2.05) is 92.0 Å². The van der Waals surface area contributed by atoms with Gasteiger partial charge in [0.2, 0.25) is 5.91 Å². The Morgan fingerprint density at radius 1 is 0.917 bits per heavy atom. The molecule has 244 valence electrons. The van der Waals surface area contributed by atoms with E-state index in [2.05, 4.69) is 36.2 Å². The zero-order valence-electron chi connectivity index (χ0n) is 27.3. The van der Waals surface area contributed by atoms with Gasteiger partial charge in [-0.15, -0.1) is 12.6 Å². The second-order valence-electron chi connectivity index (χ2n) is 12.3. The molecule has 7 nitrogen and oxygen atoms in total. The van der Waals surface area contributed by atoms with Crippen molar-refractivity contribution >= 4 is 35.2 Å². The van der Waals surface area contributed by atoms with Gasteiger partial charge in [0.15, 0.2) is 0 Å². The predicted molar refractivity (Wildman–Crippen MR) is 193 cm³/mol. The lowest BCUT2D eigenvalue weighted by Crippen LogP contribution is -2.24. The average Bonchev–Trinajstić information content (AvgIpc) is 3.10. The number of fused-ring (bicyclic) bond motifs is 1. The maximum atomic E-state index is 13.6. The molecule has 0 radical (unpaired) electrons. The summed E-state index contributed by atoms with van der Waals surface area (Å²) in [4.78, 5) is 27.8. The summed E-state index contributed by atoms with van der Waals surface area (Å²) >= 11 is 4.34. The summed E-state index contributed by atoms with van der Waals surface area (Å²) in [7, 11) is 3.50. The van der Waals surface area contributed by atoms with Crippen molar-refractivity contribution in [1.29, 1.82) is 0 Å². The number of amides is 2. The number of rotatable bonds is 10. The van der Waals surface area contributed by atoms with E-state index in [0.29, 0.717) is 29.9 Å². The fraction of sp³-hybridized carbons (Fsp3) is 0.200. The Bertz CT molecular complexity index is 1990. The highest BCUT2D eigenvalue weighted by Crippen LogP contribution is 2.39. The Hall–Kier alpha value is -5.21. The summed E-state index contributed by atoms with van der Waals surface area (Å²) in [6, 6.07) is 25.5. The van der Waals surface area contributed by atoms with Gasteiger partial charge in [-0.25, -0.2) is 0 Å². The normalized spacial score (nSPS) is 15.8. The van der Waals surface area contributed by atoms with Gasteiger partial charge in [0.1, 0.15) is 24.7 Å². The Kier molecular flexibility index (Phi) is 9.73. The first-order valence-electron chi connectivity index (χ1n) is 15.9. The maximum Gasteiger partial charge on any atom is 0.257 e. The summed E-state index contributed by atoms with van der Waals surface area (Å²) in [5.41, 5.74) is 13.0. The van der Waals surface area contributed by atoms with Gasteiger partial charge in [-0.05, 0) is 88.9 Å². The van der Waals surface area contributed by atoms with Gasteiger partial charge >= 0.3 is 0 Å². The van der Waals surface area contributed by atoms with Crippen LogP contribution in [0.2, 0.25) is 0 Å². The summed E-state index contributed by atoms with van der Waals surface area (Å²) in [5.74, 6) is 0.816. The van der Waals surface area contributed by atoms with E-state index in [1.54, 1.807) is 19.0 Å². The monoisotopic (exact) mass is 657 g/mol. The number of nitrogens with one attached hydrogen (secondary N) is 1. The molecule has 4 aromatic carbocycles. The van der Waals surface area contributed by atoms with Crippen LogP contribution in [-0.4, -0.2) is 30.8 Å². The summed E-state index contributed by atoms with van der Waals surface area (Å²) in [6.07, 6.45) is 9.52. The number of allylic oxidation sites excluding steroid dienone is 5. The van der Waals surface area contributed by atoms with E-state index in [-0.39, 0.29) is 24.5 Å². The Balaban J connectivity index is 1.24. The molecule has 4 aromatic rings. The van der Waals surface area contributed by atoms with Crippen LogP contribution in [0.25, 0.3) is 10.8 Å². The number of ether oxygens (including phenoxy) is 2. The predicted octanol–water partition coefficient (Wildman–Crippen LogP) is 7.59. The molecule has 0 spiro atoms. The molecule has 1 atom stereocenters. The van der Waals surface area contributed by atoms with Crippen molar-refractivity contribution in [3.8, 4) is 11.5 Å². The molecule has 2 aliphatic rings. The molecule has 0 saturated carbocycles. The third-order valence-electron chi connectivity index (χ3n) is 8.71. The van der Waals surface area contributed by atoms with Crippen molar-refractivity contribution in [2.24, 2.45) is 5.73 Å². The highest BCUT2D eigenvalue weighted by atomic mass is 32.1.